The number of likely N-dealkylation sites (N-methyl/N-ethyl adjacent to an activating group) is 1. The van der Waals surface area contributed by atoms with Crippen LogP contribution in [0.15, 0.2) is 46.9 Å². The van der Waals surface area contributed by atoms with Gasteiger partial charge in [-0.3, -0.25) is 0 Å². The molecule has 0 saturated heterocycles. The minimum Gasteiger partial charge on any atom is -0.489 e. The predicted molar refractivity (Wildman–Crippen MR) is 87.3 cm³/mol. The monoisotopic (exact) mass is 333 g/mol. The summed E-state index contributed by atoms with van der Waals surface area (Å²) in [6, 6.07) is 14.5. The Bertz CT molecular complexity index is 569. The van der Waals surface area contributed by atoms with Gasteiger partial charge in [0.25, 0.3) is 0 Å². The summed E-state index contributed by atoms with van der Waals surface area (Å²) in [6.45, 7) is 3.66. The van der Waals surface area contributed by atoms with Crippen molar-refractivity contribution in [3.8, 4) is 5.75 Å². The average molecular weight is 334 g/mol. The minimum absolute atomic E-state index is 0.612. The van der Waals surface area contributed by atoms with Crippen molar-refractivity contribution in [2.24, 2.45) is 0 Å². The van der Waals surface area contributed by atoms with Crippen LogP contribution >= 0.6 is 15.9 Å². The van der Waals surface area contributed by atoms with E-state index in [1.54, 1.807) is 0 Å². The first-order chi connectivity index (χ1) is 9.70. The topological polar surface area (TPSA) is 21.3 Å². The number of aryl methyl sites for hydroxylation is 1. The van der Waals surface area contributed by atoms with Gasteiger partial charge in [-0.15, -0.1) is 0 Å². The third-order valence-electron chi connectivity index (χ3n) is 3.29. The summed E-state index contributed by atoms with van der Waals surface area (Å²) in [4.78, 5) is 0. The molecule has 0 unspecified atom stereocenters. The van der Waals surface area contributed by atoms with Gasteiger partial charge < -0.3 is 10.1 Å². The molecule has 0 fully saturated rings. The van der Waals surface area contributed by atoms with Crippen LogP contribution in [0.5, 0.6) is 5.75 Å². The Morgan fingerprint density at radius 3 is 2.55 bits per heavy atom. The quantitative estimate of drug-likeness (QED) is 0.859. The Morgan fingerprint density at radius 2 is 1.85 bits per heavy atom. The summed E-state index contributed by atoms with van der Waals surface area (Å²) >= 11 is 3.50. The fraction of sp³-hybridized carbons (Fsp3) is 0.294. The molecule has 0 saturated carbocycles. The Labute approximate surface area is 129 Å². The molecule has 0 amide bonds. The van der Waals surface area contributed by atoms with Crippen molar-refractivity contribution in [1.29, 1.82) is 0 Å². The molecule has 20 heavy (non-hydrogen) atoms. The summed E-state index contributed by atoms with van der Waals surface area (Å²) in [6.07, 6.45) is 1.02. The summed E-state index contributed by atoms with van der Waals surface area (Å²) in [7, 11) is 1.98. The maximum atomic E-state index is 5.91. The van der Waals surface area contributed by atoms with Crippen molar-refractivity contribution in [3.05, 3.63) is 63.6 Å². The van der Waals surface area contributed by atoms with Gasteiger partial charge >= 0.3 is 0 Å². The maximum absolute atomic E-state index is 5.91. The van der Waals surface area contributed by atoms with E-state index < -0.39 is 0 Å². The van der Waals surface area contributed by atoms with E-state index in [4.69, 9.17) is 4.74 Å². The molecule has 0 bridgehead atoms. The van der Waals surface area contributed by atoms with Crippen LogP contribution < -0.4 is 10.1 Å². The number of halogens is 1. The number of hydrogen-bond donors (Lipinski definition) is 1. The Kier molecular flexibility index (Phi) is 5.62. The lowest BCUT2D eigenvalue weighted by Gasteiger charge is -2.12. The van der Waals surface area contributed by atoms with Crippen LogP contribution in [0.3, 0.4) is 0 Å². The van der Waals surface area contributed by atoms with Gasteiger partial charge in [0.05, 0.1) is 0 Å². The minimum atomic E-state index is 0.612. The van der Waals surface area contributed by atoms with Gasteiger partial charge in [0.1, 0.15) is 12.4 Å². The molecular formula is C17H20BrNO. The molecule has 2 rings (SSSR count). The molecule has 0 spiro atoms. The molecule has 0 aliphatic rings. The zero-order valence-electron chi connectivity index (χ0n) is 11.9. The van der Waals surface area contributed by atoms with E-state index in [2.05, 4.69) is 58.5 Å². The van der Waals surface area contributed by atoms with Crippen molar-refractivity contribution >= 4 is 15.9 Å². The highest BCUT2D eigenvalue weighted by Crippen LogP contribution is 2.22. The third-order valence-corrected chi connectivity index (χ3v) is 4.18. The number of benzene rings is 2. The van der Waals surface area contributed by atoms with Crippen LogP contribution in [-0.4, -0.2) is 13.6 Å². The summed E-state index contributed by atoms with van der Waals surface area (Å²) in [5, 5.41) is 3.18. The van der Waals surface area contributed by atoms with Gasteiger partial charge in [-0.2, -0.15) is 0 Å². The van der Waals surface area contributed by atoms with Gasteiger partial charge in [0.2, 0.25) is 0 Å². The second-order valence-electron chi connectivity index (χ2n) is 4.82. The van der Waals surface area contributed by atoms with Gasteiger partial charge in [-0.05, 0) is 61.8 Å². The lowest BCUT2D eigenvalue weighted by atomic mass is 10.1. The van der Waals surface area contributed by atoms with Crippen molar-refractivity contribution < 1.29 is 4.74 Å². The van der Waals surface area contributed by atoms with Gasteiger partial charge in [-0.1, -0.05) is 40.2 Å². The summed E-state index contributed by atoms with van der Waals surface area (Å²) in [5.74, 6) is 0.911. The van der Waals surface area contributed by atoms with E-state index in [1.165, 1.54) is 16.7 Å². The standard InChI is InChI=1S/C17H20BrNO/c1-13-11-16(7-8-17(13)18)20-12-15-6-4-3-5-14(15)9-10-19-2/h3-8,11,19H,9-10,12H2,1-2H3. The van der Waals surface area contributed by atoms with Crippen molar-refractivity contribution in [1.82, 2.24) is 5.32 Å². The molecule has 1 N–H and O–H groups in total. The van der Waals surface area contributed by atoms with Crippen LogP contribution in [0.1, 0.15) is 16.7 Å². The first-order valence-corrected chi connectivity index (χ1v) is 7.60. The van der Waals surface area contributed by atoms with E-state index in [9.17, 15) is 0 Å². The molecule has 0 radical (unpaired) electrons. The van der Waals surface area contributed by atoms with E-state index in [0.29, 0.717) is 6.61 Å². The third kappa shape index (κ3) is 4.09. The fourth-order valence-electron chi connectivity index (χ4n) is 2.07. The van der Waals surface area contributed by atoms with Gasteiger partial charge in [0.15, 0.2) is 0 Å². The van der Waals surface area contributed by atoms with E-state index in [-0.39, 0.29) is 0 Å². The second-order valence-corrected chi connectivity index (χ2v) is 5.68. The Balaban J connectivity index is 2.04. The van der Waals surface area contributed by atoms with Crippen LogP contribution in [0, 0.1) is 6.92 Å². The van der Waals surface area contributed by atoms with Crippen LogP contribution in [-0.2, 0) is 13.0 Å². The van der Waals surface area contributed by atoms with Gasteiger partial charge in [0, 0.05) is 4.47 Å². The first kappa shape index (κ1) is 15.1. The maximum Gasteiger partial charge on any atom is 0.120 e. The molecule has 3 heteroatoms. The zero-order chi connectivity index (χ0) is 14.4. The lowest BCUT2D eigenvalue weighted by Crippen LogP contribution is -2.12. The number of rotatable bonds is 6. The normalized spacial score (nSPS) is 10.6. The zero-order valence-corrected chi connectivity index (χ0v) is 13.5. The first-order valence-electron chi connectivity index (χ1n) is 6.81. The smallest absolute Gasteiger partial charge is 0.120 e. The number of ether oxygens (including phenoxy) is 1. The second kappa shape index (κ2) is 7.46. The van der Waals surface area contributed by atoms with Gasteiger partial charge in [-0.25, -0.2) is 0 Å². The van der Waals surface area contributed by atoms with E-state index in [1.807, 2.05) is 19.2 Å². The molecular weight excluding hydrogens is 314 g/mol. The van der Waals surface area contributed by atoms with Crippen molar-refractivity contribution in [3.63, 3.8) is 0 Å². The lowest BCUT2D eigenvalue weighted by molar-refractivity contribution is 0.304. The van der Waals surface area contributed by atoms with Crippen molar-refractivity contribution in [2.75, 3.05) is 13.6 Å². The summed E-state index contributed by atoms with van der Waals surface area (Å²) < 4.78 is 7.02. The highest BCUT2D eigenvalue weighted by Gasteiger charge is 2.03. The predicted octanol–water partition coefficient (Wildman–Crippen LogP) is 4.10. The molecule has 0 aromatic heterocycles. The molecule has 0 aliphatic carbocycles. The van der Waals surface area contributed by atoms with Crippen LogP contribution in [0.4, 0.5) is 0 Å². The van der Waals surface area contributed by atoms with Crippen molar-refractivity contribution in [2.45, 2.75) is 20.0 Å². The van der Waals surface area contributed by atoms with E-state index in [0.717, 1.165) is 23.2 Å². The molecule has 0 atom stereocenters. The van der Waals surface area contributed by atoms with Crippen LogP contribution in [0.2, 0.25) is 0 Å². The van der Waals surface area contributed by atoms with Crippen LogP contribution in [0.25, 0.3) is 0 Å². The highest BCUT2D eigenvalue weighted by molar-refractivity contribution is 9.10. The molecule has 2 aromatic rings. The molecule has 0 heterocycles. The number of nitrogens with one attached hydrogen (secondary N) is 1. The fourth-order valence-corrected chi connectivity index (χ4v) is 2.32. The summed E-state index contributed by atoms with van der Waals surface area (Å²) in [5.41, 5.74) is 3.78. The Morgan fingerprint density at radius 1 is 1.10 bits per heavy atom. The SMILES string of the molecule is CNCCc1ccccc1COc1ccc(Br)c(C)c1. The largest absolute Gasteiger partial charge is 0.489 e. The van der Waals surface area contributed by atoms with E-state index >= 15 is 0 Å². The number of hydrogen-bond acceptors (Lipinski definition) is 2. The molecule has 2 nitrogen and oxygen atoms in total. The molecule has 106 valence electrons. The highest BCUT2D eigenvalue weighted by atomic mass is 79.9. The molecule has 2 aromatic carbocycles. The molecule has 0 aliphatic heterocycles. The Hall–Kier alpha value is -1.32. The average Bonchev–Trinajstić information content (AvgIpc) is 2.47.